The zero-order valence-corrected chi connectivity index (χ0v) is 10.8. The number of carbonyl (C=O) groups excluding carboxylic acids is 1. The SMILES string of the molecule is COc1cccc(C(=O)N/N=C\c2cccc(F)c2)c1. The van der Waals surface area contributed by atoms with Gasteiger partial charge in [-0.25, -0.2) is 9.82 Å². The van der Waals surface area contributed by atoms with Crippen LogP contribution in [0, 0.1) is 5.82 Å². The Morgan fingerprint density at radius 3 is 2.80 bits per heavy atom. The van der Waals surface area contributed by atoms with Crippen LogP contribution in [0.5, 0.6) is 5.75 Å². The molecule has 1 amide bonds. The standard InChI is InChI=1S/C15H13FN2O2/c1-20-14-7-3-5-12(9-14)15(19)18-17-10-11-4-2-6-13(16)8-11/h2-10H,1H3,(H,18,19)/b17-10-. The number of halogens is 1. The number of methoxy groups -OCH3 is 1. The highest BCUT2D eigenvalue weighted by Crippen LogP contribution is 2.12. The van der Waals surface area contributed by atoms with Crippen LogP contribution < -0.4 is 10.2 Å². The van der Waals surface area contributed by atoms with Crippen molar-refractivity contribution >= 4 is 12.1 Å². The fourth-order valence-corrected chi connectivity index (χ4v) is 1.58. The highest BCUT2D eigenvalue weighted by molar-refractivity contribution is 5.95. The second-order valence-corrected chi connectivity index (χ2v) is 3.99. The number of hydrogen-bond donors (Lipinski definition) is 1. The lowest BCUT2D eigenvalue weighted by atomic mass is 10.2. The van der Waals surface area contributed by atoms with E-state index in [1.54, 1.807) is 36.4 Å². The van der Waals surface area contributed by atoms with E-state index in [-0.39, 0.29) is 11.7 Å². The Morgan fingerprint density at radius 2 is 2.05 bits per heavy atom. The van der Waals surface area contributed by atoms with Gasteiger partial charge in [0.05, 0.1) is 13.3 Å². The Morgan fingerprint density at radius 1 is 1.25 bits per heavy atom. The molecule has 2 aromatic carbocycles. The van der Waals surface area contributed by atoms with Crippen LogP contribution in [0.3, 0.4) is 0 Å². The first-order valence-corrected chi connectivity index (χ1v) is 5.92. The maximum atomic E-state index is 12.9. The Bertz CT molecular complexity index is 641. The predicted octanol–water partition coefficient (Wildman–Crippen LogP) is 2.60. The molecule has 0 atom stereocenters. The molecule has 0 aromatic heterocycles. The number of nitrogens with zero attached hydrogens (tertiary/aromatic N) is 1. The fraction of sp³-hybridized carbons (Fsp3) is 0.0667. The summed E-state index contributed by atoms with van der Waals surface area (Å²) >= 11 is 0. The molecule has 4 nitrogen and oxygen atoms in total. The molecule has 0 radical (unpaired) electrons. The Labute approximate surface area is 115 Å². The number of benzene rings is 2. The number of hydrogen-bond acceptors (Lipinski definition) is 3. The van der Waals surface area contributed by atoms with E-state index in [9.17, 15) is 9.18 Å². The van der Waals surface area contributed by atoms with Crippen LogP contribution in [0.2, 0.25) is 0 Å². The summed E-state index contributed by atoms with van der Waals surface area (Å²) in [5, 5.41) is 3.78. The molecule has 0 aliphatic heterocycles. The van der Waals surface area contributed by atoms with Gasteiger partial charge < -0.3 is 4.74 Å². The van der Waals surface area contributed by atoms with Crippen molar-refractivity contribution in [3.05, 3.63) is 65.5 Å². The van der Waals surface area contributed by atoms with Gasteiger partial charge in [0.2, 0.25) is 0 Å². The second-order valence-electron chi connectivity index (χ2n) is 3.99. The first-order valence-electron chi connectivity index (χ1n) is 5.92. The van der Waals surface area contributed by atoms with Crippen LogP contribution in [0.15, 0.2) is 53.6 Å². The lowest BCUT2D eigenvalue weighted by Crippen LogP contribution is -2.17. The van der Waals surface area contributed by atoms with Crippen molar-refractivity contribution in [3.8, 4) is 5.75 Å². The molecule has 0 bridgehead atoms. The normalized spacial score (nSPS) is 10.5. The molecule has 2 aromatic rings. The quantitative estimate of drug-likeness (QED) is 0.687. The van der Waals surface area contributed by atoms with Crippen molar-refractivity contribution in [3.63, 3.8) is 0 Å². The van der Waals surface area contributed by atoms with Crippen molar-refractivity contribution < 1.29 is 13.9 Å². The third-order valence-electron chi connectivity index (χ3n) is 2.56. The van der Waals surface area contributed by atoms with Gasteiger partial charge in [0.1, 0.15) is 11.6 Å². The van der Waals surface area contributed by atoms with Gasteiger partial charge in [0.15, 0.2) is 0 Å². The first-order chi connectivity index (χ1) is 9.69. The van der Waals surface area contributed by atoms with Crippen molar-refractivity contribution in [2.24, 2.45) is 5.10 Å². The number of amides is 1. The summed E-state index contributed by atoms with van der Waals surface area (Å²) < 4.78 is 18.0. The van der Waals surface area contributed by atoms with Crippen LogP contribution in [-0.2, 0) is 0 Å². The van der Waals surface area contributed by atoms with E-state index < -0.39 is 0 Å². The van der Waals surface area contributed by atoms with Gasteiger partial charge in [0, 0.05) is 5.56 Å². The van der Waals surface area contributed by atoms with Crippen LogP contribution >= 0.6 is 0 Å². The zero-order chi connectivity index (χ0) is 14.4. The molecule has 102 valence electrons. The lowest BCUT2D eigenvalue weighted by Gasteiger charge is -2.02. The molecule has 0 saturated carbocycles. The van der Waals surface area contributed by atoms with E-state index in [4.69, 9.17) is 4.74 Å². The molecule has 20 heavy (non-hydrogen) atoms. The number of ether oxygens (including phenoxy) is 1. The molecule has 1 N–H and O–H groups in total. The summed E-state index contributed by atoms with van der Waals surface area (Å²) in [5.41, 5.74) is 3.37. The average Bonchev–Trinajstić information content (AvgIpc) is 2.47. The van der Waals surface area contributed by atoms with Crippen molar-refractivity contribution in [1.29, 1.82) is 0 Å². The first kappa shape index (κ1) is 13.7. The minimum atomic E-state index is -0.364. The lowest BCUT2D eigenvalue weighted by molar-refractivity contribution is 0.0955. The number of rotatable bonds is 4. The van der Waals surface area contributed by atoms with Crippen molar-refractivity contribution in [2.75, 3.05) is 7.11 Å². The minimum absolute atomic E-state index is 0.354. The largest absolute Gasteiger partial charge is 0.497 e. The molecular formula is C15H13FN2O2. The van der Waals surface area contributed by atoms with Gasteiger partial charge in [-0.1, -0.05) is 18.2 Å². The minimum Gasteiger partial charge on any atom is -0.497 e. The van der Waals surface area contributed by atoms with Gasteiger partial charge >= 0.3 is 0 Å². The van der Waals surface area contributed by atoms with Crippen LogP contribution in [0.4, 0.5) is 4.39 Å². The topological polar surface area (TPSA) is 50.7 Å². The average molecular weight is 272 g/mol. The highest BCUT2D eigenvalue weighted by Gasteiger charge is 2.04. The monoisotopic (exact) mass is 272 g/mol. The van der Waals surface area contributed by atoms with Crippen LogP contribution in [-0.4, -0.2) is 19.2 Å². The van der Waals surface area contributed by atoms with Gasteiger partial charge in [-0.2, -0.15) is 5.10 Å². The van der Waals surface area contributed by atoms with E-state index in [1.165, 1.54) is 25.5 Å². The van der Waals surface area contributed by atoms with E-state index in [2.05, 4.69) is 10.5 Å². The van der Waals surface area contributed by atoms with Gasteiger partial charge in [0.25, 0.3) is 5.91 Å². The summed E-state index contributed by atoms with van der Waals surface area (Å²) in [6.45, 7) is 0. The van der Waals surface area contributed by atoms with Crippen LogP contribution in [0.25, 0.3) is 0 Å². The van der Waals surface area contributed by atoms with Gasteiger partial charge in [-0.3, -0.25) is 4.79 Å². The van der Waals surface area contributed by atoms with Gasteiger partial charge in [-0.05, 0) is 35.9 Å². The second kappa shape index (κ2) is 6.47. The van der Waals surface area contributed by atoms with E-state index in [0.717, 1.165) is 0 Å². The van der Waals surface area contributed by atoms with E-state index >= 15 is 0 Å². The molecule has 0 aliphatic rings. The molecule has 0 aliphatic carbocycles. The Hall–Kier alpha value is -2.69. The molecule has 2 rings (SSSR count). The number of carbonyl (C=O) groups is 1. The fourth-order valence-electron chi connectivity index (χ4n) is 1.58. The molecule has 0 heterocycles. The summed E-state index contributed by atoms with van der Waals surface area (Å²) in [7, 11) is 1.53. The summed E-state index contributed by atoms with van der Waals surface area (Å²) in [6, 6.07) is 12.6. The molecule has 0 fully saturated rings. The Kier molecular flexibility index (Phi) is 4.44. The van der Waals surface area contributed by atoms with E-state index in [0.29, 0.717) is 16.9 Å². The molecule has 0 unspecified atom stereocenters. The predicted molar refractivity (Wildman–Crippen MR) is 74.5 cm³/mol. The van der Waals surface area contributed by atoms with Crippen molar-refractivity contribution in [2.45, 2.75) is 0 Å². The molecule has 0 spiro atoms. The molecule has 5 heteroatoms. The third-order valence-corrected chi connectivity index (χ3v) is 2.56. The zero-order valence-electron chi connectivity index (χ0n) is 10.8. The highest BCUT2D eigenvalue weighted by atomic mass is 19.1. The summed E-state index contributed by atoms with van der Waals surface area (Å²) in [5.74, 6) is -0.128. The summed E-state index contributed by atoms with van der Waals surface area (Å²) in [4.78, 5) is 11.8. The Balaban J connectivity index is 2.01. The smallest absolute Gasteiger partial charge is 0.271 e. The van der Waals surface area contributed by atoms with Gasteiger partial charge in [-0.15, -0.1) is 0 Å². The van der Waals surface area contributed by atoms with E-state index in [1.807, 2.05) is 0 Å². The third kappa shape index (κ3) is 3.65. The number of nitrogens with one attached hydrogen (secondary N) is 1. The summed E-state index contributed by atoms with van der Waals surface area (Å²) in [6.07, 6.45) is 1.38. The maximum Gasteiger partial charge on any atom is 0.271 e. The van der Waals surface area contributed by atoms with Crippen molar-refractivity contribution in [1.82, 2.24) is 5.43 Å². The van der Waals surface area contributed by atoms with Crippen LogP contribution in [0.1, 0.15) is 15.9 Å². The number of hydrazone groups is 1. The molecule has 0 saturated heterocycles. The maximum absolute atomic E-state index is 12.9. The molecular weight excluding hydrogens is 259 g/mol.